The standard InChI is InChI=1S/C17H28N2O2S/c1-18-9-10-19(11-14(18)13-20)12-15-7-8-17(21-15)22-16-5-3-2-4-6-16/h7-8,14,16,20H,2-6,9-13H2,1H3/t14-/m0/s1. The van der Waals surface area contributed by atoms with E-state index in [-0.39, 0.29) is 12.6 Å². The minimum absolute atomic E-state index is 0.230. The van der Waals surface area contributed by atoms with Crippen LogP contribution >= 0.6 is 11.8 Å². The van der Waals surface area contributed by atoms with Gasteiger partial charge in [0.15, 0.2) is 5.09 Å². The largest absolute Gasteiger partial charge is 0.454 e. The maximum atomic E-state index is 9.44. The molecule has 0 amide bonds. The topological polar surface area (TPSA) is 39.9 Å². The van der Waals surface area contributed by atoms with Crippen LogP contribution in [0.25, 0.3) is 0 Å². The molecule has 0 bridgehead atoms. The van der Waals surface area contributed by atoms with Crippen LogP contribution in [0.2, 0.25) is 0 Å². The van der Waals surface area contributed by atoms with E-state index in [4.69, 9.17) is 4.42 Å². The third-order valence-corrected chi connectivity index (χ3v) is 6.18. The van der Waals surface area contributed by atoms with Gasteiger partial charge in [-0.15, -0.1) is 0 Å². The van der Waals surface area contributed by atoms with Gasteiger partial charge in [-0.25, -0.2) is 0 Å². The predicted octanol–water partition coefficient (Wildman–Crippen LogP) is 2.81. The summed E-state index contributed by atoms with van der Waals surface area (Å²) in [4.78, 5) is 4.62. The van der Waals surface area contributed by atoms with Gasteiger partial charge in [-0.3, -0.25) is 9.80 Å². The lowest BCUT2D eigenvalue weighted by Gasteiger charge is -2.38. The summed E-state index contributed by atoms with van der Waals surface area (Å²) < 4.78 is 6.03. The first-order valence-corrected chi connectivity index (χ1v) is 9.41. The summed E-state index contributed by atoms with van der Waals surface area (Å²) in [7, 11) is 2.09. The molecule has 1 N–H and O–H groups in total. The van der Waals surface area contributed by atoms with Crippen LogP contribution in [-0.4, -0.2) is 59.5 Å². The number of aliphatic hydroxyl groups is 1. The second kappa shape index (κ2) is 7.86. The van der Waals surface area contributed by atoms with Crippen LogP contribution in [0.3, 0.4) is 0 Å². The molecule has 3 rings (SSSR count). The summed E-state index contributed by atoms with van der Waals surface area (Å²) in [5, 5.41) is 11.3. The summed E-state index contributed by atoms with van der Waals surface area (Å²) in [5.41, 5.74) is 0. The molecule has 4 nitrogen and oxygen atoms in total. The SMILES string of the molecule is CN1CCN(Cc2ccc(SC3CCCCC3)o2)C[C@H]1CO. The summed E-state index contributed by atoms with van der Waals surface area (Å²) in [5.74, 6) is 1.06. The van der Waals surface area contributed by atoms with E-state index in [1.807, 2.05) is 11.8 Å². The van der Waals surface area contributed by atoms with E-state index in [9.17, 15) is 5.11 Å². The summed E-state index contributed by atoms with van der Waals surface area (Å²) in [6.07, 6.45) is 6.80. The molecule has 1 aliphatic heterocycles. The molecule has 0 radical (unpaired) electrons. The van der Waals surface area contributed by atoms with Crippen molar-refractivity contribution in [2.45, 2.75) is 55.0 Å². The van der Waals surface area contributed by atoms with Crippen molar-refractivity contribution in [3.05, 3.63) is 17.9 Å². The minimum atomic E-state index is 0.230. The number of aliphatic hydroxyl groups excluding tert-OH is 1. The van der Waals surface area contributed by atoms with Gasteiger partial charge in [0.2, 0.25) is 0 Å². The van der Waals surface area contributed by atoms with Gasteiger partial charge in [-0.1, -0.05) is 31.0 Å². The minimum Gasteiger partial charge on any atom is -0.454 e. The van der Waals surface area contributed by atoms with Crippen LogP contribution in [0.4, 0.5) is 0 Å². The van der Waals surface area contributed by atoms with Crippen LogP contribution in [0.1, 0.15) is 37.9 Å². The van der Waals surface area contributed by atoms with Gasteiger partial charge < -0.3 is 9.52 Å². The number of nitrogens with zero attached hydrogens (tertiary/aromatic N) is 2. The maximum Gasteiger partial charge on any atom is 0.160 e. The molecular formula is C17H28N2O2S. The lowest BCUT2D eigenvalue weighted by molar-refractivity contribution is 0.0503. The second-order valence-corrected chi connectivity index (χ2v) is 7.96. The van der Waals surface area contributed by atoms with Gasteiger partial charge in [0.25, 0.3) is 0 Å². The molecule has 2 fully saturated rings. The molecule has 1 saturated heterocycles. The van der Waals surface area contributed by atoms with Crippen molar-refractivity contribution in [2.75, 3.05) is 33.3 Å². The Kier molecular flexibility index (Phi) is 5.85. The third kappa shape index (κ3) is 4.28. The molecule has 2 heterocycles. The van der Waals surface area contributed by atoms with E-state index >= 15 is 0 Å². The molecule has 0 unspecified atom stereocenters. The third-order valence-electron chi connectivity index (χ3n) is 4.92. The molecule has 1 atom stereocenters. The zero-order valence-corrected chi connectivity index (χ0v) is 14.4. The van der Waals surface area contributed by atoms with Gasteiger partial charge in [-0.2, -0.15) is 0 Å². The van der Waals surface area contributed by atoms with Crippen LogP contribution in [0.5, 0.6) is 0 Å². The van der Waals surface area contributed by atoms with Crippen LogP contribution in [-0.2, 0) is 6.54 Å². The first-order chi connectivity index (χ1) is 10.7. The van der Waals surface area contributed by atoms with E-state index in [2.05, 4.69) is 29.0 Å². The normalized spacial score (nSPS) is 25.6. The van der Waals surface area contributed by atoms with E-state index in [1.165, 1.54) is 32.1 Å². The molecule has 1 aromatic rings. The number of rotatable bonds is 5. The Hall–Kier alpha value is -0.490. The molecule has 0 spiro atoms. The summed E-state index contributed by atoms with van der Waals surface area (Å²) >= 11 is 1.92. The molecule has 124 valence electrons. The Bertz CT molecular complexity index is 459. The molecule has 1 aliphatic carbocycles. The lowest BCUT2D eigenvalue weighted by Crippen LogP contribution is -2.52. The Balaban J connectivity index is 1.50. The van der Waals surface area contributed by atoms with Crippen molar-refractivity contribution in [3.63, 3.8) is 0 Å². The molecule has 1 aromatic heterocycles. The van der Waals surface area contributed by atoms with E-state index in [0.717, 1.165) is 42.3 Å². The number of thioether (sulfide) groups is 1. The Morgan fingerprint density at radius 1 is 1.23 bits per heavy atom. The first kappa shape index (κ1) is 16.4. The van der Waals surface area contributed by atoms with E-state index in [0.29, 0.717) is 0 Å². The van der Waals surface area contributed by atoms with Gasteiger partial charge >= 0.3 is 0 Å². The van der Waals surface area contributed by atoms with Crippen molar-refractivity contribution >= 4 is 11.8 Å². The van der Waals surface area contributed by atoms with Crippen molar-refractivity contribution in [1.29, 1.82) is 0 Å². The van der Waals surface area contributed by atoms with Crippen molar-refractivity contribution in [3.8, 4) is 0 Å². The van der Waals surface area contributed by atoms with E-state index < -0.39 is 0 Å². The van der Waals surface area contributed by atoms with E-state index in [1.54, 1.807) is 0 Å². The van der Waals surface area contributed by atoms with Crippen molar-refractivity contribution in [2.24, 2.45) is 0 Å². The predicted molar refractivity (Wildman–Crippen MR) is 90.2 cm³/mol. The number of hydrogen-bond donors (Lipinski definition) is 1. The number of piperazine rings is 1. The number of likely N-dealkylation sites (N-methyl/N-ethyl adjacent to an activating group) is 1. The van der Waals surface area contributed by atoms with Gasteiger partial charge in [0, 0.05) is 30.9 Å². The molecule has 5 heteroatoms. The van der Waals surface area contributed by atoms with Gasteiger partial charge in [0.05, 0.1) is 13.2 Å². The van der Waals surface area contributed by atoms with Gasteiger partial charge in [0.1, 0.15) is 5.76 Å². The summed E-state index contributed by atoms with van der Waals surface area (Å²) in [6, 6.07) is 4.51. The molecule has 1 saturated carbocycles. The fourth-order valence-electron chi connectivity index (χ4n) is 3.43. The van der Waals surface area contributed by atoms with Crippen LogP contribution in [0.15, 0.2) is 21.6 Å². The monoisotopic (exact) mass is 324 g/mol. The highest BCUT2D eigenvalue weighted by Gasteiger charge is 2.24. The zero-order chi connectivity index (χ0) is 15.4. The molecule has 2 aliphatic rings. The average Bonchev–Trinajstić information content (AvgIpc) is 2.97. The van der Waals surface area contributed by atoms with Crippen LogP contribution < -0.4 is 0 Å². The molecule has 22 heavy (non-hydrogen) atoms. The quantitative estimate of drug-likeness (QED) is 0.902. The highest BCUT2D eigenvalue weighted by molar-refractivity contribution is 7.99. The van der Waals surface area contributed by atoms with Crippen molar-refractivity contribution in [1.82, 2.24) is 9.80 Å². The number of hydrogen-bond acceptors (Lipinski definition) is 5. The van der Waals surface area contributed by atoms with Crippen molar-refractivity contribution < 1.29 is 9.52 Å². The zero-order valence-electron chi connectivity index (χ0n) is 13.5. The molecular weight excluding hydrogens is 296 g/mol. The average molecular weight is 324 g/mol. The Morgan fingerprint density at radius 2 is 2.05 bits per heavy atom. The highest BCUT2D eigenvalue weighted by Crippen LogP contribution is 2.34. The second-order valence-electron chi connectivity index (χ2n) is 6.65. The fraction of sp³-hybridized carbons (Fsp3) is 0.765. The number of furan rings is 1. The maximum absolute atomic E-state index is 9.44. The summed E-state index contributed by atoms with van der Waals surface area (Å²) in [6.45, 7) is 4.05. The van der Waals surface area contributed by atoms with Crippen LogP contribution in [0, 0.1) is 0 Å². The highest BCUT2D eigenvalue weighted by atomic mass is 32.2. The van der Waals surface area contributed by atoms with Gasteiger partial charge in [-0.05, 0) is 32.0 Å². The fourth-order valence-corrected chi connectivity index (χ4v) is 4.62. The smallest absolute Gasteiger partial charge is 0.160 e. The Morgan fingerprint density at radius 3 is 2.82 bits per heavy atom. The first-order valence-electron chi connectivity index (χ1n) is 8.53. The lowest BCUT2D eigenvalue weighted by atomic mass is 10.0. The molecule has 0 aromatic carbocycles. The Labute approximate surface area is 137 Å².